The van der Waals surface area contributed by atoms with Crippen LogP contribution in [0.1, 0.15) is 5.56 Å². The van der Waals surface area contributed by atoms with E-state index in [-0.39, 0.29) is 11.2 Å². The maximum Gasteiger partial charge on any atom is 0.340 e. The van der Waals surface area contributed by atoms with Crippen LogP contribution in [0.15, 0.2) is 44.7 Å². The van der Waals surface area contributed by atoms with Crippen molar-refractivity contribution < 1.29 is 0 Å². The van der Waals surface area contributed by atoms with Crippen molar-refractivity contribution in [1.29, 1.82) is 0 Å². The number of fused-ring (bicyclic) bond motifs is 1. The van der Waals surface area contributed by atoms with Crippen molar-refractivity contribution in [1.82, 2.24) is 18.9 Å². The summed E-state index contributed by atoms with van der Waals surface area (Å²) >= 11 is 3.62. The van der Waals surface area contributed by atoms with Gasteiger partial charge < -0.3 is 0 Å². The zero-order chi connectivity index (χ0) is 14.7. The van der Waals surface area contributed by atoms with E-state index in [0.717, 1.165) is 0 Å². The van der Waals surface area contributed by atoms with E-state index in [9.17, 15) is 14.4 Å². The molecule has 2 aromatic heterocycles. The van der Waals surface area contributed by atoms with Gasteiger partial charge in [-0.25, -0.2) is 13.6 Å². The lowest BCUT2D eigenvalue weighted by molar-refractivity contribution is 1.01. The largest absolute Gasteiger partial charge is 0.340 e. The number of aryl methyl sites for hydroxylation is 1. The quantitative estimate of drug-likeness (QED) is 0.451. The topological polar surface area (TPSA) is 104 Å². The molecular weight excluding hydrogens is 280 g/mol. The molecule has 104 valence electrons. The average molecular weight is 292 g/mol. The molecule has 0 amide bonds. The fraction of sp³-hybridized carbons (Fsp3) is 0.0833. The van der Waals surface area contributed by atoms with Crippen molar-refractivity contribution in [3.8, 4) is 0 Å². The first-order valence-electron chi connectivity index (χ1n) is 5.67. The summed E-state index contributed by atoms with van der Waals surface area (Å²) in [5.41, 5.74) is -0.522. The van der Waals surface area contributed by atoms with Crippen molar-refractivity contribution in [2.75, 3.05) is 0 Å². The van der Waals surface area contributed by atoms with Crippen molar-refractivity contribution >= 4 is 24.0 Å². The SMILES string of the molecule is Cc1ccccc1.O=c1[nH]c2[nH]c(=O)n(S)c(=O)c2[nH]1. The fourth-order valence-electron chi connectivity index (χ4n) is 1.53. The Morgan fingerprint density at radius 3 is 2.20 bits per heavy atom. The third kappa shape index (κ3) is 2.91. The monoisotopic (exact) mass is 292 g/mol. The van der Waals surface area contributed by atoms with Crippen LogP contribution in [0.5, 0.6) is 0 Å². The normalized spacial score (nSPS) is 10.1. The zero-order valence-corrected chi connectivity index (χ0v) is 11.4. The lowest BCUT2D eigenvalue weighted by Gasteiger charge is -1.92. The molecule has 3 aromatic rings. The Morgan fingerprint density at radius 1 is 1.00 bits per heavy atom. The molecule has 1 aromatic carbocycles. The maximum absolute atomic E-state index is 11.2. The molecule has 0 spiro atoms. The van der Waals surface area contributed by atoms with Gasteiger partial charge in [-0.1, -0.05) is 48.7 Å². The summed E-state index contributed by atoms with van der Waals surface area (Å²) in [5, 5.41) is 0. The molecular formula is C12H12N4O3S. The van der Waals surface area contributed by atoms with Gasteiger partial charge in [0, 0.05) is 0 Å². The highest BCUT2D eigenvalue weighted by Gasteiger charge is 2.06. The van der Waals surface area contributed by atoms with E-state index < -0.39 is 16.9 Å². The number of nitrogens with one attached hydrogen (secondary N) is 3. The lowest BCUT2D eigenvalue weighted by Crippen LogP contribution is -2.29. The highest BCUT2D eigenvalue weighted by Crippen LogP contribution is 1.92. The van der Waals surface area contributed by atoms with Crippen molar-refractivity contribution in [3.05, 3.63) is 67.2 Å². The Bertz CT molecular complexity index is 889. The summed E-state index contributed by atoms with van der Waals surface area (Å²) in [4.78, 5) is 39.7. The van der Waals surface area contributed by atoms with Gasteiger partial charge in [0.15, 0.2) is 5.52 Å². The Hall–Kier alpha value is -2.48. The van der Waals surface area contributed by atoms with Gasteiger partial charge in [-0.3, -0.25) is 19.7 Å². The second-order valence-electron chi connectivity index (χ2n) is 4.03. The van der Waals surface area contributed by atoms with Crippen molar-refractivity contribution in [2.45, 2.75) is 6.92 Å². The highest BCUT2D eigenvalue weighted by atomic mass is 32.1. The smallest absolute Gasteiger partial charge is 0.300 e. The number of aromatic nitrogens is 4. The summed E-state index contributed by atoms with van der Waals surface area (Å²) in [6, 6.07) is 10.3. The predicted octanol–water partition coefficient (Wildman–Crippen LogP) is 0.394. The molecule has 0 fully saturated rings. The first-order valence-corrected chi connectivity index (χ1v) is 6.07. The Kier molecular flexibility index (Phi) is 3.94. The van der Waals surface area contributed by atoms with Crippen LogP contribution in [0.2, 0.25) is 0 Å². The summed E-state index contributed by atoms with van der Waals surface area (Å²) in [7, 11) is 0. The third-order valence-electron chi connectivity index (χ3n) is 2.50. The number of rotatable bonds is 0. The van der Waals surface area contributed by atoms with Gasteiger partial charge >= 0.3 is 11.4 Å². The first kappa shape index (κ1) is 13.9. The van der Waals surface area contributed by atoms with Gasteiger partial charge in [-0.05, 0) is 6.92 Å². The van der Waals surface area contributed by atoms with Crippen LogP contribution in [0, 0.1) is 6.92 Å². The highest BCUT2D eigenvalue weighted by molar-refractivity contribution is 7.78. The molecule has 0 saturated carbocycles. The second kappa shape index (κ2) is 5.66. The van der Waals surface area contributed by atoms with E-state index in [4.69, 9.17) is 0 Å². The van der Waals surface area contributed by atoms with E-state index >= 15 is 0 Å². The van der Waals surface area contributed by atoms with Gasteiger partial charge in [-0.15, -0.1) is 0 Å². The summed E-state index contributed by atoms with van der Waals surface area (Å²) in [6.45, 7) is 2.08. The van der Waals surface area contributed by atoms with Crippen LogP contribution >= 0.6 is 12.8 Å². The van der Waals surface area contributed by atoms with Crippen molar-refractivity contribution in [3.63, 3.8) is 0 Å². The van der Waals surface area contributed by atoms with Gasteiger partial charge in [-0.2, -0.15) is 0 Å². The minimum Gasteiger partial charge on any atom is -0.300 e. The minimum atomic E-state index is -0.698. The van der Waals surface area contributed by atoms with Crippen LogP contribution in [-0.2, 0) is 0 Å². The molecule has 0 unspecified atom stereocenters. The number of hydrogen-bond donors (Lipinski definition) is 4. The van der Waals surface area contributed by atoms with E-state index in [1.54, 1.807) is 0 Å². The van der Waals surface area contributed by atoms with Crippen LogP contribution in [0.4, 0.5) is 0 Å². The number of nitrogens with zero attached hydrogens (tertiary/aromatic N) is 1. The van der Waals surface area contributed by atoms with E-state index in [1.165, 1.54) is 5.56 Å². The van der Waals surface area contributed by atoms with Crippen LogP contribution < -0.4 is 16.9 Å². The molecule has 0 radical (unpaired) electrons. The van der Waals surface area contributed by atoms with E-state index in [2.05, 4.69) is 46.8 Å². The average Bonchev–Trinajstić information content (AvgIpc) is 2.79. The van der Waals surface area contributed by atoms with Gasteiger partial charge in [0.1, 0.15) is 5.65 Å². The second-order valence-corrected chi connectivity index (χ2v) is 4.43. The fourth-order valence-corrected chi connectivity index (χ4v) is 1.68. The summed E-state index contributed by atoms with van der Waals surface area (Å²) in [5.74, 6) is 0. The molecule has 0 atom stereocenters. The van der Waals surface area contributed by atoms with Crippen LogP contribution in [-0.4, -0.2) is 18.9 Å². The van der Waals surface area contributed by atoms with Crippen LogP contribution in [0.3, 0.4) is 0 Å². The molecule has 0 aliphatic rings. The van der Waals surface area contributed by atoms with Gasteiger partial charge in [0.05, 0.1) is 0 Å². The number of H-pyrrole nitrogens is 3. The standard InChI is InChI=1S/C7H8.C5H4N4O3S/c1-7-5-3-2-4-6-7;10-3-1-2(7-4(11)6-1)8-5(12)9(3)13/h2-6H,1H3;13H,(H,8,12)(H2,6,7,11). The molecule has 7 nitrogen and oxygen atoms in total. The number of aromatic amines is 3. The number of thiol groups is 1. The number of imidazole rings is 1. The van der Waals surface area contributed by atoms with Gasteiger partial charge in [0.25, 0.3) is 5.56 Å². The molecule has 3 N–H and O–H groups in total. The molecule has 0 saturated heterocycles. The first-order chi connectivity index (χ1) is 9.49. The van der Waals surface area contributed by atoms with E-state index in [0.29, 0.717) is 3.97 Å². The van der Waals surface area contributed by atoms with Crippen LogP contribution in [0.25, 0.3) is 11.2 Å². The van der Waals surface area contributed by atoms with Crippen molar-refractivity contribution in [2.24, 2.45) is 0 Å². The Balaban J connectivity index is 0.000000178. The zero-order valence-electron chi connectivity index (χ0n) is 10.5. The lowest BCUT2D eigenvalue weighted by atomic mass is 10.2. The maximum atomic E-state index is 11.2. The summed E-state index contributed by atoms with van der Waals surface area (Å²) < 4.78 is 0.576. The minimum absolute atomic E-state index is 0.000370. The molecule has 0 aliphatic heterocycles. The number of benzene rings is 1. The van der Waals surface area contributed by atoms with E-state index in [1.807, 2.05) is 18.2 Å². The molecule has 8 heteroatoms. The molecule has 2 heterocycles. The Morgan fingerprint density at radius 2 is 1.65 bits per heavy atom. The summed E-state index contributed by atoms with van der Waals surface area (Å²) in [6.07, 6.45) is 0. The molecule has 0 aliphatic carbocycles. The molecule has 3 rings (SSSR count). The van der Waals surface area contributed by atoms with Gasteiger partial charge in [0.2, 0.25) is 0 Å². The molecule has 20 heavy (non-hydrogen) atoms. The molecule has 0 bridgehead atoms. The number of hydrogen-bond acceptors (Lipinski definition) is 4. The Labute approximate surface area is 117 Å². The third-order valence-corrected chi connectivity index (χ3v) is 2.86. The predicted molar refractivity (Wildman–Crippen MR) is 79.4 cm³/mol.